The van der Waals surface area contributed by atoms with Crippen LogP contribution in [0.5, 0.6) is 5.75 Å². The summed E-state index contributed by atoms with van der Waals surface area (Å²) in [5.41, 5.74) is 4.23. The second-order valence-electron chi connectivity index (χ2n) is 5.21. The molecular formula is C17H11F3N2O3. The van der Waals surface area contributed by atoms with Gasteiger partial charge >= 0.3 is 6.18 Å². The molecule has 1 heterocycles. The Morgan fingerprint density at radius 1 is 1.12 bits per heavy atom. The number of phenols is 1. The van der Waals surface area contributed by atoms with Crippen LogP contribution in [0, 0.1) is 0 Å². The van der Waals surface area contributed by atoms with Crippen LogP contribution in [0.25, 0.3) is 11.0 Å². The maximum Gasteiger partial charge on any atom is 0.416 e. The Labute approximate surface area is 138 Å². The van der Waals surface area contributed by atoms with Gasteiger partial charge in [0.05, 0.1) is 11.3 Å². The summed E-state index contributed by atoms with van der Waals surface area (Å²) in [5, 5.41) is 9.99. The number of hydrogen-bond donors (Lipinski definition) is 2. The van der Waals surface area contributed by atoms with Gasteiger partial charge in [0, 0.05) is 11.5 Å². The number of amides is 1. The normalized spacial score (nSPS) is 12.5. The number of phenolic OH excluding ortho intramolecular Hbond substituents is 1. The van der Waals surface area contributed by atoms with E-state index >= 15 is 0 Å². The first-order chi connectivity index (χ1) is 11.7. The molecule has 0 aliphatic rings. The Morgan fingerprint density at radius 2 is 1.88 bits per heavy atom. The molecule has 3 N–H and O–H groups in total. The minimum atomic E-state index is -4.52. The van der Waals surface area contributed by atoms with Crippen molar-refractivity contribution in [1.29, 1.82) is 0 Å². The van der Waals surface area contributed by atoms with Gasteiger partial charge in [-0.15, -0.1) is 0 Å². The van der Waals surface area contributed by atoms with Gasteiger partial charge in [-0.1, -0.05) is 6.07 Å². The number of halogens is 3. The topological polar surface area (TPSA) is 88.8 Å². The molecule has 0 fully saturated rings. The molecule has 0 unspecified atom stereocenters. The highest BCUT2D eigenvalue weighted by Crippen LogP contribution is 2.31. The van der Waals surface area contributed by atoms with E-state index < -0.39 is 17.6 Å². The number of carbonyl (C=O) groups excluding carboxylic acids is 1. The van der Waals surface area contributed by atoms with Crippen LogP contribution in [-0.4, -0.2) is 11.0 Å². The predicted molar refractivity (Wildman–Crippen MR) is 83.1 cm³/mol. The van der Waals surface area contributed by atoms with E-state index in [1.165, 1.54) is 36.4 Å². The van der Waals surface area contributed by atoms with E-state index in [0.717, 1.165) is 12.1 Å². The van der Waals surface area contributed by atoms with E-state index in [2.05, 4.69) is 4.99 Å². The molecule has 0 saturated heterocycles. The highest BCUT2D eigenvalue weighted by atomic mass is 19.4. The molecule has 0 aliphatic carbocycles. The number of hydrogen-bond acceptors (Lipinski definition) is 4. The highest BCUT2D eigenvalue weighted by molar-refractivity contribution is 5.95. The number of aromatic hydroxyl groups is 1. The fraction of sp³-hybridized carbons (Fsp3) is 0.0588. The fourth-order valence-corrected chi connectivity index (χ4v) is 2.24. The van der Waals surface area contributed by atoms with Gasteiger partial charge in [-0.2, -0.15) is 13.2 Å². The molecule has 1 amide bonds. The van der Waals surface area contributed by atoms with Crippen molar-refractivity contribution >= 4 is 22.6 Å². The zero-order chi connectivity index (χ0) is 18.2. The fourth-order valence-electron chi connectivity index (χ4n) is 2.24. The second kappa shape index (κ2) is 5.97. The number of benzene rings is 2. The molecule has 3 rings (SSSR count). The Balaban J connectivity index is 2.24. The Bertz CT molecular complexity index is 1040. The van der Waals surface area contributed by atoms with Crippen LogP contribution in [0.3, 0.4) is 0 Å². The number of fused-ring (bicyclic) bond motifs is 1. The number of nitrogens with two attached hydrogens (primary N) is 1. The summed E-state index contributed by atoms with van der Waals surface area (Å²) >= 11 is 0. The molecule has 25 heavy (non-hydrogen) atoms. The molecule has 1 aromatic heterocycles. The van der Waals surface area contributed by atoms with Crippen molar-refractivity contribution in [3.63, 3.8) is 0 Å². The maximum atomic E-state index is 12.8. The van der Waals surface area contributed by atoms with Gasteiger partial charge in [0.15, 0.2) is 0 Å². The minimum Gasteiger partial charge on any atom is -0.508 e. The van der Waals surface area contributed by atoms with Crippen LogP contribution in [0.1, 0.15) is 15.9 Å². The SMILES string of the molecule is NC(=O)c1cc2ccc(O)cc2oc1=Nc1cccc(C(F)(F)F)c1. The largest absolute Gasteiger partial charge is 0.508 e. The van der Waals surface area contributed by atoms with E-state index in [0.29, 0.717) is 5.39 Å². The minimum absolute atomic E-state index is 0.0550. The van der Waals surface area contributed by atoms with E-state index in [1.807, 2.05) is 0 Å². The van der Waals surface area contributed by atoms with Crippen molar-refractivity contribution in [2.24, 2.45) is 10.7 Å². The van der Waals surface area contributed by atoms with Crippen LogP contribution in [0.15, 0.2) is 57.9 Å². The lowest BCUT2D eigenvalue weighted by Crippen LogP contribution is -2.21. The average molecular weight is 348 g/mol. The van der Waals surface area contributed by atoms with Gasteiger partial charge in [-0.3, -0.25) is 4.79 Å². The van der Waals surface area contributed by atoms with Crippen molar-refractivity contribution in [3.8, 4) is 5.75 Å². The van der Waals surface area contributed by atoms with Gasteiger partial charge in [0.2, 0.25) is 5.55 Å². The molecule has 0 spiro atoms. The summed E-state index contributed by atoms with van der Waals surface area (Å²) in [6.07, 6.45) is -4.52. The number of primary amides is 1. The summed E-state index contributed by atoms with van der Waals surface area (Å²) in [6, 6.07) is 9.86. The molecule has 0 radical (unpaired) electrons. The summed E-state index contributed by atoms with van der Waals surface area (Å²) in [4.78, 5) is 15.6. The summed E-state index contributed by atoms with van der Waals surface area (Å²) < 4.78 is 43.9. The number of alkyl halides is 3. The molecule has 0 saturated carbocycles. The van der Waals surface area contributed by atoms with E-state index in [9.17, 15) is 23.1 Å². The zero-order valence-electron chi connectivity index (χ0n) is 12.5. The smallest absolute Gasteiger partial charge is 0.416 e. The zero-order valence-corrected chi connectivity index (χ0v) is 12.5. The number of carbonyl (C=O) groups is 1. The van der Waals surface area contributed by atoms with Gasteiger partial charge in [0.25, 0.3) is 5.91 Å². The Hall–Kier alpha value is -3.29. The molecule has 8 heteroatoms. The first kappa shape index (κ1) is 16.6. The Kier molecular flexibility index (Phi) is 3.96. The average Bonchev–Trinajstić information content (AvgIpc) is 2.53. The van der Waals surface area contributed by atoms with Crippen LogP contribution in [0.4, 0.5) is 18.9 Å². The summed E-state index contributed by atoms with van der Waals surface area (Å²) in [5.74, 6) is -0.919. The van der Waals surface area contributed by atoms with Gasteiger partial charge < -0.3 is 15.3 Å². The van der Waals surface area contributed by atoms with E-state index in [-0.39, 0.29) is 28.1 Å². The molecule has 3 aromatic rings. The molecule has 0 aliphatic heterocycles. The van der Waals surface area contributed by atoms with E-state index in [4.69, 9.17) is 10.2 Å². The number of rotatable bonds is 2. The van der Waals surface area contributed by atoms with Crippen molar-refractivity contribution in [2.45, 2.75) is 6.18 Å². The standard InChI is InChI=1S/C17H11F3N2O3/c18-17(19,20)10-2-1-3-11(7-10)22-16-13(15(21)24)6-9-4-5-12(23)8-14(9)25-16/h1-8,23H,(H2,21,24). The van der Waals surface area contributed by atoms with Gasteiger partial charge in [-0.25, -0.2) is 4.99 Å². The lowest BCUT2D eigenvalue weighted by molar-refractivity contribution is -0.137. The molecular weight excluding hydrogens is 337 g/mol. The quantitative estimate of drug-likeness (QED) is 0.743. The molecule has 128 valence electrons. The summed E-state index contributed by atoms with van der Waals surface area (Å²) in [7, 11) is 0. The van der Waals surface area contributed by atoms with Crippen molar-refractivity contribution < 1.29 is 27.5 Å². The van der Waals surface area contributed by atoms with Gasteiger partial charge in [-0.05, 0) is 36.4 Å². The van der Waals surface area contributed by atoms with Crippen LogP contribution in [0.2, 0.25) is 0 Å². The molecule has 0 atom stereocenters. The highest BCUT2D eigenvalue weighted by Gasteiger charge is 2.30. The molecule has 5 nitrogen and oxygen atoms in total. The second-order valence-corrected chi connectivity index (χ2v) is 5.21. The maximum absolute atomic E-state index is 12.8. The molecule has 0 bridgehead atoms. The van der Waals surface area contributed by atoms with Crippen LogP contribution < -0.4 is 11.3 Å². The lowest BCUT2D eigenvalue weighted by atomic mass is 10.1. The van der Waals surface area contributed by atoms with Gasteiger partial charge in [0.1, 0.15) is 16.9 Å². The molecule has 2 aromatic carbocycles. The van der Waals surface area contributed by atoms with Crippen LogP contribution in [-0.2, 0) is 6.18 Å². The van der Waals surface area contributed by atoms with Crippen molar-refractivity contribution in [3.05, 3.63) is 65.2 Å². The third-order valence-electron chi connectivity index (χ3n) is 3.40. The van der Waals surface area contributed by atoms with Crippen LogP contribution >= 0.6 is 0 Å². The third-order valence-corrected chi connectivity index (χ3v) is 3.40. The Morgan fingerprint density at radius 3 is 2.56 bits per heavy atom. The monoisotopic (exact) mass is 348 g/mol. The van der Waals surface area contributed by atoms with E-state index in [1.54, 1.807) is 0 Å². The number of nitrogens with zero attached hydrogens (tertiary/aromatic N) is 1. The first-order valence-corrected chi connectivity index (χ1v) is 7.03. The summed E-state index contributed by atoms with van der Waals surface area (Å²) in [6.45, 7) is 0. The lowest BCUT2D eigenvalue weighted by Gasteiger charge is -2.06. The third kappa shape index (κ3) is 3.47. The van der Waals surface area contributed by atoms with Crippen molar-refractivity contribution in [1.82, 2.24) is 0 Å². The predicted octanol–water partition coefficient (Wildman–Crippen LogP) is 3.49. The first-order valence-electron chi connectivity index (χ1n) is 7.03. The van der Waals surface area contributed by atoms with Crippen molar-refractivity contribution in [2.75, 3.05) is 0 Å².